The average molecular weight is 617 g/mol. The van der Waals surface area contributed by atoms with Gasteiger partial charge < -0.3 is 24.0 Å². The molecule has 10 nitrogen and oxygen atoms in total. The molecule has 0 saturated heterocycles. The van der Waals surface area contributed by atoms with Gasteiger partial charge in [0.15, 0.2) is 0 Å². The number of halogens is 3. The van der Waals surface area contributed by atoms with Crippen LogP contribution in [0.2, 0.25) is 0 Å². The molecule has 2 unspecified atom stereocenters. The second-order valence-corrected chi connectivity index (χ2v) is 12.1. The lowest BCUT2D eigenvalue weighted by Gasteiger charge is -2.19. The van der Waals surface area contributed by atoms with Crippen molar-refractivity contribution in [3.05, 3.63) is 33.1 Å². The van der Waals surface area contributed by atoms with Gasteiger partial charge in [-0.3, -0.25) is 18.9 Å². The van der Waals surface area contributed by atoms with E-state index in [9.17, 15) is 37.3 Å². The van der Waals surface area contributed by atoms with Crippen LogP contribution >= 0.6 is 7.60 Å². The minimum Gasteiger partial charge on any atom is -0.394 e. The van der Waals surface area contributed by atoms with Crippen LogP contribution in [0, 0.1) is 0 Å². The molecule has 0 spiro atoms. The zero-order chi connectivity index (χ0) is 30.4. The highest BCUT2D eigenvalue weighted by Gasteiger charge is 2.25. The van der Waals surface area contributed by atoms with Crippen LogP contribution < -0.4 is 11.2 Å². The molecule has 240 valence electrons. The highest BCUT2D eigenvalue weighted by molar-refractivity contribution is 7.52. The number of hydrogen-bond acceptors (Lipinski definition) is 7. The van der Waals surface area contributed by atoms with E-state index in [2.05, 4.69) is 4.98 Å². The first-order valence-electron chi connectivity index (χ1n) is 14.7. The molecular formula is C27H48F3N2O8P. The summed E-state index contributed by atoms with van der Waals surface area (Å²) in [5.41, 5.74) is -1.23. The number of rotatable bonds is 26. The molecule has 0 bridgehead atoms. The molecule has 0 amide bonds. The summed E-state index contributed by atoms with van der Waals surface area (Å²) in [5, 5.41) is 9.43. The summed E-state index contributed by atoms with van der Waals surface area (Å²) in [6.07, 6.45) is 8.41. The van der Waals surface area contributed by atoms with Gasteiger partial charge in [0.05, 0.1) is 25.9 Å². The van der Waals surface area contributed by atoms with Gasteiger partial charge in [-0.1, -0.05) is 70.6 Å². The molecule has 14 heteroatoms. The summed E-state index contributed by atoms with van der Waals surface area (Å²) in [4.78, 5) is 34.8. The largest absolute Gasteiger partial charge is 0.394 e. The molecule has 1 aromatic heterocycles. The summed E-state index contributed by atoms with van der Waals surface area (Å²) >= 11 is 0. The van der Waals surface area contributed by atoms with Crippen LogP contribution in [-0.2, 0) is 25.1 Å². The maximum absolute atomic E-state index is 12.1. The molecule has 0 aliphatic rings. The van der Waals surface area contributed by atoms with E-state index >= 15 is 0 Å². The molecule has 41 heavy (non-hydrogen) atoms. The molecule has 1 heterocycles. The average Bonchev–Trinajstić information content (AvgIpc) is 2.90. The van der Waals surface area contributed by atoms with Gasteiger partial charge in [0.1, 0.15) is 6.35 Å². The van der Waals surface area contributed by atoms with E-state index in [0.717, 1.165) is 55.6 Å². The number of ether oxygens (including phenoxy) is 2. The van der Waals surface area contributed by atoms with Crippen LogP contribution in [0.4, 0.5) is 13.2 Å². The summed E-state index contributed by atoms with van der Waals surface area (Å²) in [7, 11) is -4.05. The van der Waals surface area contributed by atoms with Crippen LogP contribution in [0.3, 0.4) is 0 Å². The maximum atomic E-state index is 12.1. The van der Waals surface area contributed by atoms with E-state index in [-0.39, 0.29) is 19.6 Å². The fraction of sp³-hybridized carbons (Fsp3) is 0.852. The zero-order valence-electron chi connectivity index (χ0n) is 24.0. The van der Waals surface area contributed by atoms with Gasteiger partial charge in [0.2, 0.25) is 0 Å². The Morgan fingerprint density at radius 3 is 1.93 bits per heavy atom. The third-order valence-electron chi connectivity index (χ3n) is 6.45. The van der Waals surface area contributed by atoms with Gasteiger partial charge in [-0.25, -0.2) is 4.79 Å². The summed E-state index contributed by atoms with van der Waals surface area (Å²) in [5.74, 6) is 0. The van der Waals surface area contributed by atoms with Gasteiger partial charge in [-0.05, 0) is 19.3 Å². The van der Waals surface area contributed by atoms with Crippen LogP contribution in [0.5, 0.6) is 0 Å². The monoisotopic (exact) mass is 616 g/mol. The van der Waals surface area contributed by atoms with Crippen molar-refractivity contribution in [1.82, 2.24) is 9.55 Å². The molecule has 3 N–H and O–H groups in total. The van der Waals surface area contributed by atoms with E-state index < -0.39 is 50.5 Å². The quantitative estimate of drug-likeness (QED) is 0.0916. The number of unbranched alkanes of at least 4 members (excludes halogenated alkanes) is 12. The van der Waals surface area contributed by atoms with Crippen LogP contribution in [0.15, 0.2) is 21.9 Å². The van der Waals surface area contributed by atoms with E-state index in [0.29, 0.717) is 26.1 Å². The number of aromatic nitrogens is 2. The Morgan fingerprint density at radius 1 is 0.854 bits per heavy atom. The first kappa shape index (κ1) is 37.5. The molecule has 0 aromatic carbocycles. The smallest absolute Gasteiger partial charge is 0.389 e. The Hall–Kier alpha value is -1.50. The van der Waals surface area contributed by atoms with Gasteiger partial charge in [0, 0.05) is 31.9 Å². The highest BCUT2D eigenvalue weighted by Crippen LogP contribution is 2.42. The molecule has 0 fully saturated rings. The minimum absolute atomic E-state index is 0.0123. The molecule has 1 rings (SSSR count). The first-order chi connectivity index (χ1) is 19.5. The van der Waals surface area contributed by atoms with Gasteiger partial charge in [0.25, 0.3) is 5.56 Å². The second kappa shape index (κ2) is 22.1. The minimum atomic E-state index is -4.05. The summed E-state index contributed by atoms with van der Waals surface area (Å²) in [6.45, 7) is 0.420. The molecular weight excluding hydrogens is 568 g/mol. The summed E-state index contributed by atoms with van der Waals surface area (Å²) < 4.78 is 65.3. The molecule has 0 radical (unpaired) electrons. The lowest BCUT2D eigenvalue weighted by molar-refractivity contribution is -0.135. The molecule has 0 aliphatic carbocycles. The number of aliphatic hydroxyl groups excluding tert-OH is 1. The standard InChI is InChI=1S/C27H48F3N2O8P/c28-27(29,30)16-12-10-8-6-4-2-1-3-5-7-9-11-13-18-38-19-14-20-40-41(36,37)23-39-24(22-33)21-32-17-15-25(34)31-26(32)35/h15,17,24,33H,1-14,16,18-23H2,(H,36,37)(H,31,34,35). The van der Waals surface area contributed by atoms with Crippen molar-refractivity contribution >= 4 is 7.60 Å². The van der Waals surface area contributed by atoms with Crippen molar-refractivity contribution < 1.29 is 41.7 Å². The topological polar surface area (TPSA) is 140 Å². The number of aliphatic hydroxyl groups is 1. The van der Waals surface area contributed by atoms with E-state index in [1.54, 1.807) is 0 Å². The number of hydrogen-bond donors (Lipinski definition) is 3. The van der Waals surface area contributed by atoms with Gasteiger partial charge in [-0.15, -0.1) is 0 Å². The Morgan fingerprint density at radius 2 is 1.39 bits per heavy atom. The Balaban J connectivity index is 1.91. The third kappa shape index (κ3) is 21.8. The predicted octanol–water partition coefficient (Wildman–Crippen LogP) is 5.50. The molecule has 2 atom stereocenters. The Kier molecular flexibility index (Phi) is 20.2. The number of nitrogens with zero attached hydrogens (tertiary/aromatic N) is 1. The van der Waals surface area contributed by atoms with Crippen LogP contribution in [-0.4, -0.2) is 64.6 Å². The summed E-state index contributed by atoms with van der Waals surface area (Å²) in [6, 6.07) is 1.14. The number of H-pyrrole nitrogens is 1. The van der Waals surface area contributed by atoms with Crippen molar-refractivity contribution in [3.8, 4) is 0 Å². The zero-order valence-corrected chi connectivity index (χ0v) is 24.8. The lowest BCUT2D eigenvalue weighted by Crippen LogP contribution is -2.34. The number of nitrogens with one attached hydrogen (secondary N) is 1. The third-order valence-corrected chi connectivity index (χ3v) is 7.51. The fourth-order valence-electron chi connectivity index (χ4n) is 4.15. The SMILES string of the molecule is O=c1ccn(CC(CO)OCP(=O)(O)OCCCOCCCCCCCCCCCCCCCC(F)(F)F)c(=O)[nH]1. The fourth-order valence-corrected chi connectivity index (χ4v) is 5.04. The van der Waals surface area contributed by atoms with Gasteiger partial charge >= 0.3 is 19.5 Å². The molecule has 1 aromatic rings. The van der Waals surface area contributed by atoms with E-state index in [1.165, 1.54) is 31.9 Å². The van der Waals surface area contributed by atoms with Crippen LogP contribution in [0.1, 0.15) is 96.3 Å². The lowest BCUT2D eigenvalue weighted by atomic mass is 10.0. The Labute approximate surface area is 240 Å². The molecule has 0 saturated carbocycles. The number of alkyl halides is 3. The number of aromatic amines is 1. The van der Waals surface area contributed by atoms with E-state index in [4.69, 9.17) is 14.0 Å². The van der Waals surface area contributed by atoms with Crippen molar-refractivity contribution in [2.75, 3.05) is 32.8 Å². The Bertz CT molecular complexity index is 957. The highest BCUT2D eigenvalue weighted by atomic mass is 31.2. The first-order valence-corrected chi connectivity index (χ1v) is 16.4. The van der Waals surface area contributed by atoms with Crippen molar-refractivity contribution in [2.45, 2.75) is 115 Å². The van der Waals surface area contributed by atoms with Crippen molar-refractivity contribution in [1.29, 1.82) is 0 Å². The molecule has 0 aliphatic heterocycles. The normalized spacial score (nSPS) is 14.3. The predicted molar refractivity (Wildman–Crippen MR) is 150 cm³/mol. The van der Waals surface area contributed by atoms with E-state index in [1.807, 2.05) is 0 Å². The van der Waals surface area contributed by atoms with Crippen molar-refractivity contribution in [2.24, 2.45) is 0 Å². The maximum Gasteiger partial charge on any atom is 0.389 e. The van der Waals surface area contributed by atoms with Gasteiger partial charge in [-0.2, -0.15) is 13.2 Å². The second-order valence-electron chi connectivity index (χ2n) is 10.3. The van der Waals surface area contributed by atoms with Crippen LogP contribution in [0.25, 0.3) is 0 Å². The van der Waals surface area contributed by atoms with Crippen molar-refractivity contribution in [3.63, 3.8) is 0 Å².